The summed E-state index contributed by atoms with van der Waals surface area (Å²) in [5.74, 6) is 1.04. The molecule has 0 bridgehead atoms. The second-order valence-corrected chi connectivity index (χ2v) is 7.66. The van der Waals surface area contributed by atoms with Gasteiger partial charge in [-0.1, -0.05) is 36.4 Å². The average molecular weight is 378 g/mol. The first-order valence-corrected chi connectivity index (χ1v) is 10.2. The maximum atomic E-state index is 13.2. The minimum absolute atomic E-state index is 0.141. The highest BCUT2D eigenvalue weighted by Crippen LogP contribution is 2.27. The Labute approximate surface area is 168 Å². The topological polar surface area (TPSA) is 35.9 Å². The second-order valence-electron chi connectivity index (χ2n) is 7.66. The number of hydrogen-bond donors (Lipinski definition) is 0. The SMILES string of the molecule is CN=C(CN(C(=O)CCc1ccccc1)c1ccc2c(c1)CCCC2)N(C)C. The Bertz CT molecular complexity index is 827. The fourth-order valence-corrected chi connectivity index (χ4v) is 3.80. The summed E-state index contributed by atoms with van der Waals surface area (Å²) < 4.78 is 0. The van der Waals surface area contributed by atoms with Crippen LogP contribution in [-0.4, -0.2) is 44.3 Å². The van der Waals surface area contributed by atoms with Gasteiger partial charge in [0.25, 0.3) is 0 Å². The largest absolute Gasteiger partial charge is 0.365 e. The van der Waals surface area contributed by atoms with Gasteiger partial charge in [-0.2, -0.15) is 0 Å². The van der Waals surface area contributed by atoms with Gasteiger partial charge in [-0.15, -0.1) is 0 Å². The Morgan fingerprint density at radius 1 is 1.00 bits per heavy atom. The lowest BCUT2D eigenvalue weighted by Crippen LogP contribution is -2.40. The van der Waals surface area contributed by atoms with Gasteiger partial charge in [0.2, 0.25) is 5.91 Å². The molecule has 1 aliphatic rings. The van der Waals surface area contributed by atoms with Crippen molar-refractivity contribution in [1.29, 1.82) is 0 Å². The molecule has 0 heterocycles. The van der Waals surface area contributed by atoms with E-state index < -0.39 is 0 Å². The summed E-state index contributed by atoms with van der Waals surface area (Å²) in [7, 11) is 5.73. The van der Waals surface area contributed by atoms with Crippen molar-refractivity contribution in [1.82, 2.24) is 4.90 Å². The number of aliphatic imine (C=N–C) groups is 1. The molecule has 0 saturated heterocycles. The van der Waals surface area contributed by atoms with Crippen LogP contribution in [0.2, 0.25) is 0 Å². The second kappa shape index (κ2) is 9.54. The maximum Gasteiger partial charge on any atom is 0.227 e. The van der Waals surface area contributed by atoms with E-state index in [9.17, 15) is 4.79 Å². The molecule has 28 heavy (non-hydrogen) atoms. The van der Waals surface area contributed by atoms with Crippen molar-refractivity contribution >= 4 is 17.4 Å². The summed E-state index contributed by atoms with van der Waals surface area (Å²) in [6, 6.07) is 16.7. The summed E-state index contributed by atoms with van der Waals surface area (Å²) >= 11 is 0. The lowest BCUT2D eigenvalue weighted by atomic mass is 9.91. The van der Waals surface area contributed by atoms with E-state index in [1.165, 1.54) is 29.5 Å². The van der Waals surface area contributed by atoms with Gasteiger partial charge in [-0.25, -0.2) is 0 Å². The molecule has 0 atom stereocenters. The van der Waals surface area contributed by atoms with Crippen LogP contribution in [-0.2, 0) is 24.1 Å². The highest BCUT2D eigenvalue weighted by molar-refractivity contribution is 6.00. The molecule has 0 saturated carbocycles. The van der Waals surface area contributed by atoms with Crippen LogP contribution in [0.15, 0.2) is 53.5 Å². The zero-order chi connectivity index (χ0) is 19.9. The quantitative estimate of drug-likeness (QED) is 0.561. The molecule has 2 aromatic carbocycles. The maximum absolute atomic E-state index is 13.2. The van der Waals surface area contributed by atoms with Crippen molar-refractivity contribution in [2.75, 3.05) is 32.6 Å². The van der Waals surface area contributed by atoms with Crippen molar-refractivity contribution in [3.05, 3.63) is 65.2 Å². The van der Waals surface area contributed by atoms with Gasteiger partial charge in [0.05, 0.1) is 6.54 Å². The van der Waals surface area contributed by atoms with Crippen LogP contribution in [0.25, 0.3) is 0 Å². The number of amides is 1. The number of anilines is 1. The van der Waals surface area contributed by atoms with Crippen molar-refractivity contribution in [3.63, 3.8) is 0 Å². The number of fused-ring (bicyclic) bond motifs is 1. The Kier molecular flexibility index (Phi) is 6.85. The number of amidine groups is 1. The van der Waals surface area contributed by atoms with Crippen LogP contribution in [0.5, 0.6) is 0 Å². The molecular formula is C24H31N3O. The molecule has 0 aromatic heterocycles. The fraction of sp³-hybridized carbons (Fsp3) is 0.417. The third-order valence-electron chi connectivity index (χ3n) is 5.49. The van der Waals surface area contributed by atoms with Gasteiger partial charge in [0.1, 0.15) is 5.84 Å². The molecule has 1 amide bonds. The molecule has 1 aliphatic carbocycles. The van der Waals surface area contributed by atoms with Crippen LogP contribution < -0.4 is 4.90 Å². The molecule has 3 rings (SSSR count). The molecule has 0 unspecified atom stereocenters. The van der Waals surface area contributed by atoms with E-state index in [1.807, 2.05) is 42.1 Å². The summed E-state index contributed by atoms with van der Waals surface area (Å²) in [4.78, 5) is 21.5. The van der Waals surface area contributed by atoms with Gasteiger partial charge >= 0.3 is 0 Å². The number of likely N-dealkylation sites (N-methyl/N-ethyl adjacent to an activating group) is 1. The Balaban J connectivity index is 1.83. The van der Waals surface area contributed by atoms with Crippen molar-refractivity contribution in [2.45, 2.75) is 38.5 Å². The van der Waals surface area contributed by atoms with E-state index in [0.717, 1.165) is 30.8 Å². The Morgan fingerprint density at radius 3 is 2.39 bits per heavy atom. The van der Waals surface area contributed by atoms with Crippen LogP contribution in [0.4, 0.5) is 5.69 Å². The third-order valence-corrected chi connectivity index (χ3v) is 5.49. The molecule has 2 aromatic rings. The van der Waals surface area contributed by atoms with Gasteiger partial charge in [0, 0.05) is 33.3 Å². The first kappa shape index (κ1) is 20.1. The number of aryl methyl sites for hydroxylation is 3. The zero-order valence-electron chi connectivity index (χ0n) is 17.3. The Morgan fingerprint density at radius 2 is 1.71 bits per heavy atom. The third kappa shape index (κ3) is 5.00. The van der Waals surface area contributed by atoms with Crippen LogP contribution >= 0.6 is 0 Å². The van der Waals surface area contributed by atoms with E-state index in [2.05, 4.69) is 35.3 Å². The van der Waals surface area contributed by atoms with Crippen LogP contribution in [0.1, 0.15) is 36.0 Å². The summed E-state index contributed by atoms with van der Waals surface area (Å²) in [6.45, 7) is 0.496. The van der Waals surface area contributed by atoms with Crippen molar-refractivity contribution in [2.24, 2.45) is 4.99 Å². The molecular weight excluding hydrogens is 346 g/mol. The first-order valence-electron chi connectivity index (χ1n) is 10.2. The molecule has 0 spiro atoms. The van der Waals surface area contributed by atoms with E-state index >= 15 is 0 Å². The summed E-state index contributed by atoms with van der Waals surface area (Å²) in [5, 5.41) is 0. The number of carbonyl (C=O) groups excluding carboxylic acids is 1. The molecule has 0 aliphatic heterocycles. The monoisotopic (exact) mass is 377 g/mol. The molecule has 148 valence electrons. The van der Waals surface area contributed by atoms with Gasteiger partial charge in [-0.05, 0) is 60.9 Å². The van der Waals surface area contributed by atoms with Crippen molar-refractivity contribution in [3.8, 4) is 0 Å². The lowest BCUT2D eigenvalue weighted by molar-refractivity contribution is -0.118. The normalized spacial score (nSPS) is 13.8. The molecule has 0 radical (unpaired) electrons. The molecule has 0 N–H and O–H groups in total. The number of hydrogen-bond acceptors (Lipinski definition) is 2. The van der Waals surface area contributed by atoms with Crippen molar-refractivity contribution < 1.29 is 4.79 Å². The average Bonchev–Trinajstić information content (AvgIpc) is 2.73. The molecule has 4 nitrogen and oxygen atoms in total. The smallest absolute Gasteiger partial charge is 0.227 e. The van der Waals surface area contributed by atoms with Crippen LogP contribution in [0, 0.1) is 0 Å². The Hall–Kier alpha value is -2.62. The molecule has 4 heteroatoms. The minimum atomic E-state index is 0.141. The summed E-state index contributed by atoms with van der Waals surface area (Å²) in [6.07, 6.45) is 6.00. The van der Waals surface area contributed by atoms with E-state index in [4.69, 9.17) is 0 Å². The lowest BCUT2D eigenvalue weighted by Gasteiger charge is -2.28. The van der Waals surface area contributed by atoms with Gasteiger partial charge in [-0.3, -0.25) is 9.79 Å². The highest BCUT2D eigenvalue weighted by Gasteiger charge is 2.20. The number of carbonyl (C=O) groups is 1. The number of rotatable bonds is 6. The predicted octanol–water partition coefficient (Wildman–Crippen LogP) is 4.12. The standard InChI is InChI=1S/C24H31N3O/c1-25-23(26(2)3)18-27(24(28)16-13-19-9-5-4-6-10-19)22-15-14-20-11-7-8-12-21(20)17-22/h4-6,9-10,14-15,17H,7-8,11-13,16,18H2,1-3H3. The fourth-order valence-electron chi connectivity index (χ4n) is 3.80. The number of nitrogens with zero attached hydrogens (tertiary/aromatic N) is 3. The zero-order valence-corrected chi connectivity index (χ0v) is 17.3. The summed E-state index contributed by atoms with van der Waals surface area (Å²) in [5.41, 5.74) is 5.01. The minimum Gasteiger partial charge on any atom is -0.365 e. The van der Waals surface area contributed by atoms with E-state index in [-0.39, 0.29) is 5.91 Å². The highest BCUT2D eigenvalue weighted by atomic mass is 16.2. The van der Waals surface area contributed by atoms with Gasteiger partial charge in [0.15, 0.2) is 0 Å². The van der Waals surface area contributed by atoms with Gasteiger partial charge < -0.3 is 9.80 Å². The van der Waals surface area contributed by atoms with Crippen LogP contribution in [0.3, 0.4) is 0 Å². The first-order chi connectivity index (χ1) is 13.6. The van der Waals surface area contributed by atoms with E-state index in [0.29, 0.717) is 13.0 Å². The van der Waals surface area contributed by atoms with E-state index in [1.54, 1.807) is 7.05 Å². The number of benzene rings is 2. The molecule has 0 fully saturated rings. The predicted molar refractivity (Wildman–Crippen MR) is 117 cm³/mol.